The van der Waals surface area contributed by atoms with Crippen molar-refractivity contribution in [3.63, 3.8) is 0 Å². The first kappa shape index (κ1) is 14.3. The van der Waals surface area contributed by atoms with Crippen molar-refractivity contribution in [2.24, 2.45) is 11.8 Å². The van der Waals surface area contributed by atoms with Crippen LogP contribution in [0.5, 0.6) is 0 Å². The number of rotatable bonds is 1. The second-order valence-electron chi connectivity index (χ2n) is 7.28. The summed E-state index contributed by atoms with van der Waals surface area (Å²) in [5, 5.41) is 1.32. The van der Waals surface area contributed by atoms with E-state index in [1.54, 1.807) is 0 Å². The van der Waals surface area contributed by atoms with Crippen LogP contribution in [0.2, 0.25) is 0 Å². The Morgan fingerprint density at radius 2 is 2.21 bits per heavy atom. The van der Waals surface area contributed by atoms with Gasteiger partial charge in [0, 0.05) is 29.2 Å². The summed E-state index contributed by atoms with van der Waals surface area (Å²) in [4.78, 5) is 18.8. The number of nitrogens with one attached hydrogen (secondary N) is 1. The summed E-state index contributed by atoms with van der Waals surface area (Å²) in [5.41, 5.74) is 5.40. The third kappa shape index (κ3) is 1.69. The number of aromatic amines is 1. The third-order valence-electron chi connectivity index (χ3n) is 6.43. The van der Waals surface area contributed by atoms with E-state index in [1.807, 2.05) is 0 Å². The normalized spacial score (nSPS) is 35.2. The molecule has 124 valence electrons. The van der Waals surface area contributed by atoms with Crippen molar-refractivity contribution in [3.8, 4) is 0 Å². The van der Waals surface area contributed by atoms with E-state index in [0.29, 0.717) is 12.0 Å². The molecule has 2 aromatic rings. The highest BCUT2D eigenvalue weighted by Gasteiger charge is 2.55. The van der Waals surface area contributed by atoms with Gasteiger partial charge in [-0.15, -0.1) is 0 Å². The zero-order valence-corrected chi connectivity index (χ0v) is 14.1. The molecule has 4 nitrogen and oxygen atoms in total. The lowest BCUT2D eigenvalue weighted by atomic mass is 9.64. The fourth-order valence-corrected chi connectivity index (χ4v) is 5.39. The number of benzene rings is 1. The molecule has 5 atom stereocenters. The van der Waals surface area contributed by atoms with Gasteiger partial charge in [0.05, 0.1) is 19.1 Å². The average Bonchev–Trinajstić information content (AvgIpc) is 2.99. The van der Waals surface area contributed by atoms with Crippen LogP contribution < -0.4 is 0 Å². The van der Waals surface area contributed by atoms with Crippen LogP contribution in [0.15, 0.2) is 35.9 Å². The predicted molar refractivity (Wildman–Crippen MR) is 92.6 cm³/mol. The highest BCUT2D eigenvalue weighted by Crippen LogP contribution is 2.54. The van der Waals surface area contributed by atoms with Crippen LogP contribution in [0.3, 0.4) is 0 Å². The molecule has 6 rings (SSSR count). The lowest BCUT2D eigenvalue weighted by Crippen LogP contribution is -2.62. The molecular weight excluding hydrogens is 300 g/mol. The highest BCUT2D eigenvalue weighted by molar-refractivity contribution is 5.86. The molecule has 4 bridgehead atoms. The molecule has 3 saturated heterocycles. The molecule has 3 fully saturated rings. The second-order valence-corrected chi connectivity index (χ2v) is 7.28. The zero-order valence-electron chi connectivity index (χ0n) is 14.1. The van der Waals surface area contributed by atoms with Crippen LogP contribution in [-0.2, 0) is 16.0 Å². The van der Waals surface area contributed by atoms with Gasteiger partial charge in [0.1, 0.15) is 0 Å². The molecule has 0 amide bonds. The summed E-state index contributed by atoms with van der Waals surface area (Å²) < 4.78 is 5.18. The fraction of sp³-hybridized carbons (Fsp3) is 0.450. The summed E-state index contributed by atoms with van der Waals surface area (Å²) in [6, 6.07) is 9.20. The second kappa shape index (κ2) is 4.96. The first-order valence-electron chi connectivity index (χ1n) is 8.81. The van der Waals surface area contributed by atoms with Crippen LogP contribution in [0.1, 0.15) is 30.6 Å². The molecule has 4 aliphatic heterocycles. The van der Waals surface area contributed by atoms with Crippen molar-refractivity contribution < 1.29 is 9.53 Å². The zero-order chi connectivity index (χ0) is 16.4. The van der Waals surface area contributed by atoms with E-state index in [2.05, 4.69) is 47.1 Å². The Labute approximate surface area is 141 Å². The summed E-state index contributed by atoms with van der Waals surface area (Å²) in [6.07, 6.45) is 4.15. The van der Waals surface area contributed by atoms with Gasteiger partial charge >= 0.3 is 5.97 Å². The number of para-hydroxylation sites is 1. The van der Waals surface area contributed by atoms with Crippen molar-refractivity contribution in [1.29, 1.82) is 0 Å². The molecule has 5 unspecified atom stereocenters. The Balaban J connectivity index is 1.67. The van der Waals surface area contributed by atoms with E-state index in [0.717, 1.165) is 19.4 Å². The minimum absolute atomic E-state index is 0.0342. The smallest absolute Gasteiger partial charge is 0.310 e. The van der Waals surface area contributed by atoms with Crippen LogP contribution in [-0.4, -0.2) is 35.5 Å². The number of H-pyrrole nitrogens is 1. The Hall–Kier alpha value is -2.07. The quantitative estimate of drug-likeness (QED) is 0.648. The monoisotopic (exact) mass is 322 g/mol. The number of carbonyl (C=O) groups excluding carboxylic acids is 1. The Morgan fingerprint density at radius 1 is 1.38 bits per heavy atom. The maximum absolute atomic E-state index is 12.5. The lowest BCUT2D eigenvalue weighted by Gasteiger charge is -2.57. The van der Waals surface area contributed by atoms with Gasteiger partial charge in [-0.05, 0) is 37.3 Å². The minimum atomic E-state index is -0.0456. The Bertz CT molecular complexity index is 866. The summed E-state index contributed by atoms with van der Waals surface area (Å²) in [6.45, 7) is 3.08. The molecule has 1 aromatic heterocycles. The van der Waals surface area contributed by atoms with Crippen molar-refractivity contribution in [2.75, 3.05) is 13.7 Å². The highest BCUT2D eigenvalue weighted by atomic mass is 16.5. The number of fused-ring (bicyclic) bond motifs is 4. The van der Waals surface area contributed by atoms with E-state index in [9.17, 15) is 4.79 Å². The largest absolute Gasteiger partial charge is 0.469 e. The lowest BCUT2D eigenvalue weighted by molar-refractivity contribution is -0.157. The van der Waals surface area contributed by atoms with Gasteiger partial charge in [-0.2, -0.15) is 0 Å². The number of allylic oxidation sites excluding steroid dienone is 1. The van der Waals surface area contributed by atoms with Crippen LogP contribution >= 0.6 is 0 Å². The van der Waals surface area contributed by atoms with E-state index >= 15 is 0 Å². The molecule has 0 spiro atoms. The first-order valence-corrected chi connectivity index (χ1v) is 8.81. The SMILES string of the molecule is CC=C1CN2C3CC1C(C(=O)OC)C2Cc1c3[nH]c2ccccc12. The standard InChI is InChI=1S/C20H22N2O2/c1-3-11-10-22-16-9-14-12-6-4-5-7-15(12)21-19(14)17(22)8-13(11)18(16)20(23)24-2/h3-7,13,16-18,21H,8-10H2,1-2H3. The number of hydrogen-bond donors (Lipinski definition) is 1. The minimum Gasteiger partial charge on any atom is -0.469 e. The third-order valence-corrected chi connectivity index (χ3v) is 6.43. The summed E-state index contributed by atoms with van der Waals surface area (Å²) in [7, 11) is 1.52. The Kier molecular flexibility index (Phi) is 2.95. The van der Waals surface area contributed by atoms with Crippen LogP contribution in [0, 0.1) is 11.8 Å². The molecule has 0 aliphatic carbocycles. The van der Waals surface area contributed by atoms with Crippen molar-refractivity contribution in [2.45, 2.75) is 31.8 Å². The summed E-state index contributed by atoms with van der Waals surface area (Å²) >= 11 is 0. The molecule has 1 aromatic carbocycles. The van der Waals surface area contributed by atoms with Gasteiger partial charge in [0.2, 0.25) is 0 Å². The number of piperidine rings is 3. The van der Waals surface area contributed by atoms with Crippen molar-refractivity contribution >= 4 is 16.9 Å². The molecule has 24 heavy (non-hydrogen) atoms. The number of aromatic nitrogens is 1. The number of ether oxygens (including phenoxy) is 1. The van der Waals surface area contributed by atoms with Gasteiger partial charge in [0.15, 0.2) is 0 Å². The number of methoxy groups -OCH3 is 1. The molecule has 4 heteroatoms. The van der Waals surface area contributed by atoms with Gasteiger partial charge < -0.3 is 9.72 Å². The van der Waals surface area contributed by atoms with Gasteiger partial charge in [-0.3, -0.25) is 9.69 Å². The molecule has 0 saturated carbocycles. The molecule has 4 aliphatic rings. The van der Waals surface area contributed by atoms with Gasteiger partial charge in [-0.1, -0.05) is 29.8 Å². The Morgan fingerprint density at radius 3 is 3.00 bits per heavy atom. The van der Waals surface area contributed by atoms with E-state index < -0.39 is 0 Å². The number of esters is 1. The van der Waals surface area contributed by atoms with Crippen LogP contribution in [0.4, 0.5) is 0 Å². The van der Waals surface area contributed by atoms with E-state index in [-0.39, 0.29) is 17.9 Å². The molecule has 1 N–H and O–H groups in total. The summed E-state index contributed by atoms with van der Waals surface area (Å²) in [5.74, 6) is 0.241. The number of nitrogens with zero attached hydrogens (tertiary/aromatic N) is 1. The number of carbonyl (C=O) groups is 1. The molecule has 5 heterocycles. The predicted octanol–water partition coefficient (Wildman–Crippen LogP) is 3.20. The van der Waals surface area contributed by atoms with Crippen LogP contribution in [0.25, 0.3) is 10.9 Å². The number of hydrogen-bond acceptors (Lipinski definition) is 3. The van der Waals surface area contributed by atoms with Gasteiger partial charge in [0.25, 0.3) is 0 Å². The molecular formula is C20H22N2O2. The maximum atomic E-state index is 12.5. The van der Waals surface area contributed by atoms with Crippen molar-refractivity contribution in [1.82, 2.24) is 9.88 Å². The maximum Gasteiger partial charge on any atom is 0.310 e. The van der Waals surface area contributed by atoms with E-state index in [4.69, 9.17) is 4.74 Å². The molecule has 0 radical (unpaired) electrons. The average molecular weight is 322 g/mol. The first-order chi connectivity index (χ1) is 11.7. The van der Waals surface area contributed by atoms with Gasteiger partial charge in [-0.25, -0.2) is 0 Å². The topological polar surface area (TPSA) is 45.3 Å². The van der Waals surface area contributed by atoms with Crippen molar-refractivity contribution in [3.05, 3.63) is 47.2 Å². The fourth-order valence-electron chi connectivity index (χ4n) is 5.39. The van der Waals surface area contributed by atoms with E-state index in [1.165, 1.54) is 34.8 Å².